The third-order valence-corrected chi connectivity index (χ3v) is 8.59. The van der Waals surface area contributed by atoms with E-state index in [1.54, 1.807) is 0 Å². The van der Waals surface area contributed by atoms with Crippen LogP contribution >= 0.6 is 6.19 Å². The van der Waals surface area contributed by atoms with Crippen LogP contribution < -0.4 is 10.6 Å². The van der Waals surface area contributed by atoms with E-state index in [0.29, 0.717) is 6.61 Å². The van der Waals surface area contributed by atoms with Gasteiger partial charge in [0.2, 0.25) is 0 Å². The van der Waals surface area contributed by atoms with Crippen molar-refractivity contribution in [1.82, 2.24) is 0 Å². The fourth-order valence-corrected chi connectivity index (χ4v) is 6.42. The van der Waals surface area contributed by atoms with Crippen molar-refractivity contribution in [2.24, 2.45) is 4.76 Å². The van der Waals surface area contributed by atoms with E-state index in [2.05, 4.69) is 43.3 Å². The Morgan fingerprint density at radius 3 is 1.86 bits per heavy atom. The molecule has 0 heterocycles. The second kappa shape index (κ2) is 10.5. The van der Waals surface area contributed by atoms with Crippen LogP contribution in [0.25, 0.3) is 0 Å². The molecule has 0 fully saturated rings. The Labute approximate surface area is 173 Å². The van der Waals surface area contributed by atoms with Crippen molar-refractivity contribution in [3.8, 4) is 0 Å². The first kappa shape index (κ1) is 20.7. The molecule has 2 nitrogen and oxygen atoms in total. The Bertz CT molecular complexity index is 883. The molecule has 0 aliphatic carbocycles. The Morgan fingerprint density at radius 2 is 1.32 bits per heavy atom. The van der Waals surface area contributed by atoms with Gasteiger partial charge in [0, 0.05) is 22.9 Å². The number of hydrogen-bond acceptors (Lipinski definition) is 2. The van der Waals surface area contributed by atoms with Crippen LogP contribution in [0, 0.1) is 0 Å². The standard InChI is InChI=1S/C24H26NOPS/c1-21(12-11-19-26-20-22-13-5-2-6-14-22)25-27(28,23-15-7-3-8-16-23)24-17-9-4-10-18-24/h2-10,13-18H,11-12,19-20H2,1H3/b25-21+. The average molecular weight is 408 g/mol. The van der Waals surface area contributed by atoms with Crippen molar-refractivity contribution in [2.75, 3.05) is 6.61 Å². The van der Waals surface area contributed by atoms with Crippen molar-refractivity contribution >= 4 is 34.3 Å². The summed E-state index contributed by atoms with van der Waals surface area (Å²) in [6.07, 6.45) is -0.362. The smallest absolute Gasteiger partial charge is 0.112 e. The van der Waals surface area contributed by atoms with Crippen LogP contribution in [-0.4, -0.2) is 12.3 Å². The van der Waals surface area contributed by atoms with E-state index in [1.165, 1.54) is 5.56 Å². The molecule has 0 radical (unpaired) electrons. The fraction of sp³-hybridized carbons (Fsp3) is 0.208. The lowest BCUT2D eigenvalue weighted by Gasteiger charge is -2.20. The van der Waals surface area contributed by atoms with Gasteiger partial charge in [-0.25, -0.2) is 0 Å². The van der Waals surface area contributed by atoms with Crippen molar-refractivity contribution in [3.05, 3.63) is 96.6 Å². The molecule has 0 aromatic heterocycles. The van der Waals surface area contributed by atoms with Gasteiger partial charge in [0.25, 0.3) is 0 Å². The summed E-state index contributed by atoms with van der Waals surface area (Å²) in [5, 5.41) is 2.27. The SMILES string of the molecule is C/C(CCCOCc1ccccc1)=N\P(=S)(c1ccccc1)c1ccccc1. The van der Waals surface area contributed by atoms with E-state index in [1.807, 2.05) is 54.6 Å². The molecule has 0 saturated heterocycles. The van der Waals surface area contributed by atoms with E-state index in [4.69, 9.17) is 21.3 Å². The van der Waals surface area contributed by atoms with Gasteiger partial charge in [-0.1, -0.05) is 103 Å². The second-order valence-electron chi connectivity index (χ2n) is 6.72. The normalized spacial score (nSPS) is 12.1. The summed E-state index contributed by atoms with van der Waals surface area (Å²) in [5.74, 6) is 0. The Hall–Kier alpha value is -2.06. The van der Waals surface area contributed by atoms with Gasteiger partial charge in [-0.15, -0.1) is 0 Å². The van der Waals surface area contributed by atoms with E-state index in [9.17, 15) is 0 Å². The lowest BCUT2D eigenvalue weighted by atomic mass is 10.2. The van der Waals surface area contributed by atoms with Gasteiger partial charge in [-0.05, 0) is 25.3 Å². The van der Waals surface area contributed by atoms with Crippen LogP contribution in [0.1, 0.15) is 25.3 Å². The zero-order chi connectivity index (χ0) is 19.7. The highest BCUT2D eigenvalue weighted by atomic mass is 32.4. The van der Waals surface area contributed by atoms with Crippen molar-refractivity contribution in [1.29, 1.82) is 0 Å². The second-order valence-corrected chi connectivity index (χ2v) is 10.7. The van der Waals surface area contributed by atoms with Gasteiger partial charge >= 0.3 is 0 Å². The topological polar surface area (TPSA) is 21.6 Å². The largest absolute Gasteiger partial charge is 0.377 e. The van der Waals surface area contributed by atoms with Crippen molar-refractivity contribution in [3.63, 3.8) is 0 Å². The van der Waals surface area contributed by atoms with Gasteiger partial charge < -0.3 is 4.74 Å². The van der Waals surface area contributed by atoms with Crippen LogP contribution in [0.15, 0.2) is 95.8 Å². The average Bonchev–Trinajstić information content (AvgIpc) is 2.75. The van der Waals surface area contributed by atoms with Crippen LogP contribution in [0.2, 0.25) is 0 Å². The highest BCUT2D eigenvalue weighted by molar-refractivity contribution is 8.21. The molecule has 0 aliphatic rings. The van der Waals surface area contributed by atoms with Gasteiger partial charge in [0.1, 0.15) is 6.19 Å². The summed E-state index contributed by atoms with van der Waals surface area (Å²) in [7, 11) is 0. The molecule has 0 aliphatic heterocycles. The minimum Gasteiger partial charge on any atom is -0.377 e. The van der Waals surface area contributed by atoms with Gasteiger partial charge in [-0.2, -0.15) is 0 Å². The molecule has 28 heavy (non-hydrogen) atoms. The molecule has 0 atom stereocenters. The van der Waals surface area contributed by atoms with Gasteiger partial charge in [-0.3, -0.25) is 4.76 Å². The van der Waals surface area contributed by atoms with Gasteiger partial charge in [0.15, 0.2) is 0 Å². The minimum absolute atomic E-state index is 0.656. The van der Waals surface area contributed by atoms with Crippen LogP contribution in [0.3, 0.4) is 0 Å². The highest BCUT2D eigenvalue weighted by Crippen LogP contribution is 2.45. The highest BCUT2D eigenvalue weighted by Gasteiger charge is 2.21. The van der Waals surface area contributed by atoms with E-state index < -0.39 is 6.19 Å². The Balaban J connectivity index is 1.64. The summed E-state index contributed by atoms with van der Waals surface area (Å²) in [6.45, 7) is 3.47. The number of rotatable bonds is 9. The number of ether oxygens (including phenoxy) is 1. The molecule has 0 bridgehead atoms. The van der Waals surface area contributed by atoms with E-state index in [0.717, 1.165) is 35.8 Å². The predicted octanol–water partition coefficient (Wildman–Crippen LogP) is 5.49. The van der Waals surface area contributed by atoms with Gasteiger partial charge in [0.05, 0.1) is 6.61 Å². The zero-order valence-electron chi connectivity index (χ0n) is 16.2. The maximum absolute atomic E-state index is 6.17. The first-order chi connectivity index (χ1) is 13.7. The van der Waals surface area contributed by atoms with Crippen LogP contribution in [-0.2, 0) is 23.2 Å². The first-order valence-corrected chi connectivity index (χ1v) is 12.3. The quantitative estimate of drug-likeness (QED) is 0.266. The van der Waals surface area contributed by atoms with E-state index >= 15 is 0 Å². The zero-order valence-corrected chi connectivity index (χ0v) is 17.9. The maximum Gasteiger partial charge on any atom is 0.112 e. The monoisotopic (exact) mass is 407 g/mol. The Morgan fingerprint density at radius 1 is 0.821 bits per heavy atom. The molecular formula is C24H26NOPS. The van der Waals surface area contributed by atoms with Crippen molar-refractivity contribution in [2.45, 2.75) is 26.4 Å². The van der Waals surface area contributed by atoms with Crippen molar-refractivity contribution < 1.29 is 4.74 Å². The molecule has 0 amide bonds. The molecule has 0 spiro atoms. The predicted molar refractivity (Wildman–Crippen MR) is 125 cm³/mol. The summed E-state index contributed by atoms with van der Waals surface area (Å²) in [5.41, 5.74) is 2.30. The molecule has 0 N–H and O–H groups in total. The molecule has 0 saturated carbocycles. The third-order valence-electron chi connectivity index (χ3n) is 4.46. The summed E-state index contributed by atoms with van der Waals surface area (Å²) >= 11 is 6.17. The molecule has 144 valence electrons. The third kappa shape index (κ3) is 5.72. The molecular weight excluding hydrogens is 381 g/mol. The molecule has 4 heteroatoms. The summed E-state index contributed by atoms with van der Waals surface area (Å²) < 4.78 is 10.9. The van der Waals surface area contributed by atoms with Crippen LogP contribution in [0.4, 0.5) is 0 Å². The lowest BCUT2D eigenvalue weighted by Crippen LogP contribution is -2.15. The lowest BCUT2D eigenvalue weighted by molar-refractivity contribution is 0.120. The van der Waals surface area contributed by atoms with E-state index in [-0.39, 0.29) is 0 Å². The molecule has 3 aromatic rings. The number of nitrogens with zero attached hydrogens (tertiary/aromatic N) is 1. The first-order valence-electron chi connectivity index (χ1n) is 9.57. The number of benzene rings is 3. The summed E-state index contributed by atoms with van der Waals surface area (Å²) in [6, 6.07) is 30.9. The Kier molecular flexibility index (Phi) is 7.73. The molecule has 3 aromatic carbocycles. The number of hydrogen-bond donors (Lipinski definition) is 0. The maximum atomic E-state index is 6.17. The molecule has 0 unspecified atom stereocenters. The summed E-state index contributed by atoms with van der Waals surface area (Å²) in [4.78, 5) is 0. The van der Waals surface area contributed by atoms with Crippen LogP contribution in [0.5, 0.6) is 0 Å². The molecule has 3 rings (SSSR count). The minimum atomic E-state index is -2.20. The fourth-order valence-electron chi connectivity index (χ4n) is 3.01.